The normalized spacial score (nSPS) is 29.3. The van der Waals surface area contributed by atoms with Crippen LogP contribution in [0.3, 0.4) is 0 Å². The number of alkyl halides is 2. The summed E-state index contributed by atoms with van der Waals surface area (Å²) in [6, 6.07) is 0.992. The number of aromatic nitrogens is 3. The highest BCUT2D eigenvalue weighted by Gasteiger charge is 2.34. The molecular formula is C19H28F2N6O2S. The predicted molar refractivity (Wildman–Crippen MR) is 112 cm³/mol. The van der Waals surface area contributed by atoms with Crippen molar-refractivity contribution in [2.24, 2.45) is 0 Å². The van der Waals surface area contributed by atoms with Crippen LogP contribution in [-0.4, -0.2) is 89.5 Å². The van der Waals surface area contributed by atoms with Gasteiger partial charge in [-0.2, -0.15) is 9.29 Å². The van der Waals surface area contributed by atoms with Gasteiger partial charge in [0.25, 0.3) is 0 Å². The van der Waals surface area contributed by atoms with Gasteiger partial charge in [-0.15, -0.1) is 0 Å². The van der Waals surface area contributed by atoms with Crippen molar-refractivity contribution < 1.29 is 17.2 Å². The summed E-state index contributed by atoms with van der Waals surface area (Å²) in [6.07, 6.45) is 3.23. The second-order valence-electron chi connectivity index (χ2n) is 8.14. The maximum absolute atomic E-state index is 14.8. The van der Waals surface area contributed by atoms with E-state index in [1.54, 1.807) is 6.20 Å². The molecule has 1 N–H and O–H groups in total. The van der Waals surface area contributed by atoms with Gasteiger partial charge in [0.05, 0.1) is 18.3 Å². The lowest BCUT2D eigenvalue weighted by molar-refractivity contribution is 0.0952. The van der Waals surface area contributed by atoms with Crippen LogP contribution in [0.4, 0.5) is 14.7 Å². The van der Waals surface area contributed by atoms with E-state index < -0.39 is 28.4 Å². The van der Waals surface area contributed by atoms with E-state index in [-0.39, 0.29) is 25.1 Å². The first-order valence-electron chi connectivity index (χ1n) is 10.3. The van der Waals surface area contributed by atoms with Gasteiger partial charge in [-0.05, 0) is 25.5 Å². The molecule has 166 valence electrons. The maximum Gasteiger partial charge on any atom is 0.224 e. The molecule has 30 heavy (non-hydrogen) atoms. The van der Waals surface area contributed by atoms with Gasteiger partial charge in [-0.25, -0.2) is 22.2 Å². The quantitative estimate of drug-likeness (QED) is 0.761. The highest BCUT2D eigenvalue weighted by molar-refractivity contribution is 7.88. The maximum atomic E-state index is 14.8. The average Bonchev–Trinajstić information content (AvgIpc) is 3.11. The Labute approximate surface area is 175 Å². The number of halogens is 2. The molecule has 4 rings (SSSR count). The molecule has 0 unspecified atom stereocenters. The summed E-state index contributed by atoms with van der Waals surface area (Å²) in [6.45, 7) is 4.16. The van der Waals surface area contributed by atoms with E-state index in [4.69, 9.17) is 0 Å². The Bertz CT molecular complexity index is 1000. The summed E-state index contributed by atoms with van der Waals surface area (Å²) in [5.41, 5.74) is 0.620. The molecule has 2 aromatic rings. The van der Waals surface area contributed by atoms with E-state index in [9.17, 15) is 17.2 Å². The van der Waals surface area contributed by atoms with Gasteiger partial charge in [0, 0.05) is 44.0 Å². The molecule has 0 radical (unpaired) electrons. The molecule has 0 spiro atoms. The summed E-state index contributed by atoms with van der Waals surface area (Å²) in [5, 5.41) is 3.81. The van der Waals surface area contributed by atoms with E-state index in [0.29, 0.717) is 25.0 Å². The molecule has 0 bridgehead atoms. The average molecular weight is 443 g/mol. The Morgan fingerprint density at radius 1 is 1.20 bits per heavy atom. The Morgan fingerprint density at radius 3 is 2.67 bits per heavy atom. The Kier molecular flexibility index (Phi) is 5.95. The van der Waals surface area contributed by atoms with Crippen molar-refractivity contribution in [3.63, 3.8) is 0 Å². The second kappa shape index (κ2) is 8.35. The zero-order chi connectivity index (χ0) is 21.5. The van der Waals surface area contributed by atoms with Crippen molar-refractivity contribution in [3.05, 3.63) is 18.5 Å². The van der Waals surface area contributed by atoms with Crippen LogP contribution in [0.15, 0.2) is 18.5 Å². The van der Waals surface area contributed by atoms with Gasteiger partial charge >= 0.3 is 0 Å². The van der Waals surface area contributed by atoms with Crippen LogP contribution in [0.25, 0.3) is 11.0 Å². The zero-order valence-corrected chi connectivity index (χ0v) is 18.0. The number of piperidine rings is 2. The van der Waals surface area contributed by atoms with Crippen molar-refractivity contribution in [2.75, 3.05) is 44.3 Å². The van der Waals surface area contributed by atoms with Crippen LogP contribution in [0.1, 0.15) is 25.8 Å². The fourth-order valence-electron chi connectivity index (χ4n) is 4.34. The molecule has 4 heterocycles. The first-order valence-corrected chi connectivity index (χ1v) is 12.2. The lowest BCUT2D eigenvalue weighted by Gasteiger charge is -2.35. The van der Waals surface area contributed by atoms with Gasteiger partial charge in [0.15, 0.2) is 0 Å². The Morgan fingerprint density at radius 2 is 2.00 bits per heavy atom. The van der Waals surface area contributed by atoms with E-state index >= 15 is 0 Å². The molecule has 2 aromatic heterocycles. The fraction of sp³-hybridized carbons (Fsp3) is 0.684. The van der Waals surface area contributed by atoms with Crippen molar-refractivity contribution in [1.82, 2.24) is 23.7 Å². The number of rotatable bonds is 5. The molecule has 0 amide bonds. The van der Waals surface area contributed by atoms with Crippen LogP contribution in [0.5, 0.6) is 0 Å². The number of anilines is 1. The monoisotopic (exact) mass is 442 g/mol. The molecule has 0 aliphatic carbocycles. The third kappa shape index (κ3) is 4.28. The molecule has 4 atom stereocenters. The van der Waals surface area contributed by atoms with Crippen molar-refractivity contribution in [2.45, 2.75) is 44.2 Å². The minimum Gasteiger partial charge on any atom is -0.348 e. The van der Waals surface area contributed by atoms with E-state index in [1.165, 1.54) is 0 Å². The van der Waals surface area contributed by atoms with Gasteiger partial charge in [-0.3, -0.25) is 0 Å². The third-order valence-electron chi connectivity index (χ3n) is 6.14. The number of hydrogen-bond donors (Lipinski definition) is 1. The number of fused-ring (bicyclic) bond motifs is 1. The Balaban J connectivity index is 1.51. The highest BCUT2D eigenvalue weighted by atomic mass is 32.2. The summed E-state index contributed by atoms with van der Waals surface area (Å²) >= 11 is 0. The van der Waals surface area contributed by atoms with Gasteiger partial charge in [0.1, 0.15) is 18.0 Å². The Hall–Kier alpha value is -1.85. The van der Waals surface area contributed by atoms with E-state index in [2.05, 4.69) is 20.2 Å². The zero-order valence-electron chi connectivity index (χ0n) is 17.2. The molecule has 2 aliphatic heterocycles. The predicted octanol–water partition coefficient (Wildman–Crippen LogP) is 1.82. The molecule has 11 heteroatoms. The first kappa shape index (κ1) is 21.4. The van der Waals surface area contributed by atoms with Crippen LogP contribution >= 0.6 is 0 Å². The lowest BCUT2D eigenvalue weighted by atomic mass is 10.0. The summed E-state index contributed by atoms with van der Waals surface area (Å²) < 4.78 is 55.7. The number of nitrogens with zero attached hydrogens (tertiary/aromatic N) is 5. The topological polar surface area (TPSA) is 83.4 Å². The molecule has 8 nitrogen and oxygen atoms in total. The molecule has 2 aliphatic rings. The molecule has 0 aromatic carbocycles. The van der Waals surface area contributed by atoms with E-state index in [1.807, 2.05) is 23.8 Å². The summed E-state index contributed by atoms with van der Waals surface area (Å²) in [4.78, 5) is 10.9. The largest absolute Gasteiger partial charge is 0.348 e. The number of hydrogen-bond acceptors (Lipinski definition) is 6. The van der Waals surface area contributed by atoms with Gasteiger partial charge in [-0.1, -0.05) is 6.92 Å². The number of nitrogens with one attached hydrogen (secondary N) is 1. The highest BCUT2D eigenvalue weighted by Crippen LogP contribution is 2.29. The van der Waals surface area contributed by atoms with Crippen LogP contribution < -0.4 is 5.32 Å². The minimum absolute atomic E-state index is 0.186. The van der Waals surface area contributed by atoms with Crippen LogP contribution in [0, 0.1) is 0 Å². The van der Waals surface area contributed by atoms with E-state index in [0.717, 1.165) is 29.0 Å². The van der Waals surface area contributed by atoms with Gasteiger partial charge in [0.2, 0.25) is 16.0 Å². The minimum atomic E-state index is -3.41. The van der Waals surface area contributed by atoms with Crippen LogP contribution in [0.2, 0.25) is 0 Å². The molecule has 2 fully saturated rings. The third-order valence-corrected chi connectivity index (χ3v) is 7.41. The van der Waals surface area contributed by atoms with Crippen molar-refractivity contribution in [3.8, 4) is 0 Å². The number of sulfonamides is 1. The number of likely N-dealkylation sites (tertiary alicyclic amines) is 1. The second-order valence-corrected chi connectivity index (χ2v) is 10.1. The SMILES string of the molecule is CCN1CC[C@@H](n2ccc3cnc(N[C@@H]4CCN(S(C)(=O)=O)C[C@H]4F)nc32)[C@@H](F)C1. The molecule has 2 saturated heterocycles. The smallest absolute Gasteiger partial charge is 0.224 e. The van der Waals surface area contributed by atoms with Crippen molar-refractivity contribution >= 4 is 27.0 Å². The summed E-state index contributed by atoms with van der Waals surface area (Å²) in [7, 11) is -3.41. The molecule has 0 saturated carbocycles. The van der Waals surface area contributed by atoms with Crippen molar-refractivity contribution in [1.29, 1.82) is 0 Å². The van der Waals surface area contributed by atoms with Crippen LogP contribution in [-0.2, 0) is 10.0 Å². The lowest BCUT2D eigenvalue weighted by Crippen LogP contribution is -2.49. The first-order chi connectivity index (χ1) is 14.3. The molecular weight excluding hydrogens is 414 g/mol. The standard InChI is InChI=1S/C19H28F2N6O2S/c1-3-25-7-6-17(15(21)11-25)27-9-4-13-10-22-19(24-18(13)27)23-16-5-8-26(12-14(16)20)30(2,28)29/h4,9-10,14-17H,3,5-8,11-12H2,1-2H3,(H,22,23,24)/t14-,15+,16-,17-/m1/s1. The van der Waals surface area contributed by atoms with Gasteiger partial charge < -0.3 is 14.8 Å². The summed E-state index contributed by atoms with van der Waals surface area (Å²) in [5.74, 6) is 0.268. The fourth-order valence-corrected chi connectivity index (χ4v) is 5.19.